The summed E-state index contributed by atoms with van der Waals surface area (Å²) in [6.07, 6.45) is -19.7. The smallest absolute Gasteiger partial charge is 0.308 e. The zero-order valence-electron chi connectivity index (χ0n) is 46.4. The van der Waals surface area contributed by atoms with Crippen LogP contribution in [0.4, 0.5) is 52.7 Å². The molecule has 430 valence electrons. The molecule has 0 spiro atoms. The van der Waals surface area contributed by atoms with E-state index in [1.807, 2.05) is 60.9 Å². The van der Waals surface area contributed by atoms with E-state index < -0.39 is 52.5 Å². The number of hydrogen-bond donors (Lipinski definition) is 0. The van der Waals surface area contributed by atoms with E-state index in [1.54, 1.807) is 86.0 Å². The first-order valence-electron chi connectivity index (χ1n) is 26.8. The van der Waals surface area contributed by atoms with Crippen molar-refractivity contribution in [3.63, 3.8) is 0 Å². The second-order valence-electron chi connectivity index (χ2n) is 21.9. The SMILES string of the molecule is Cc1cc(C)cc(-c2ccc3c(c2)c2cc(-c4cc(C)cc(C(F)(F)F)c4)ccc2n3-c2cc(C#N)cc(-n3c4ccc(-c5cc(C)cc(C(F)(F)F)c5)cc4c4cc(-c5cc(C(F)(F)F)cc(C(F)(F)F)c5)ccc43)c2-c2nc(C)cc(C)n2)c1. The summed E-state index contributed by atoms with van der Waals surface area (Å²) in [5, 5.41) is 13.0. The number of halogens is 12. The Bertz CT molecular complexity index is 4780. The normalized spacial score (nSPS) is 12.5. The summed E-state index contributed by atoms with van der Waals surface area (Å²) in [5.41, 5.74) is 4.40. The molecule has 0 aliphatic carbocycles. The number of alkyl halides is 12. The molecule has 0 fully saturated rings. The van der Waals surface area contributed by atoms with Crippen LogP contribution in [0.5, 0.6) is 0 Å². The van der Waals surface area contributed by atoms with Gasteiger partial charge in [-0.3, -0.25) is 0 Å². The van der Waals surface area contributed by atoms with Crippen LogP contribution in [0.15, 0.2) is 164 Å². The lowest BCUT2D eigenvalue weighted by atomic mass is 9.96. The molecule has 86 heavy (non-hydrogen) atoms. The van der Waals surface area contributed by atoms with E-state index in [1.165, 1.54) is 25.1 Å². The highest BCUT2D eigenvalue weighted by Gasteiger charge is 2.38. The van der Waals surface area contributed by atoms with E-state index in [9.17, 15) is 57.9 Å². The van der Waals surface area contributed by atoms with Gasteiger partial charge in [0.2, 0.25) is 0 Å². The lowest BCUT2D eigenvalue weighted by Crippen LogP contribution is -2.11. The van der Waals surface area contributed by atoms with Crippen molar-refractivity contribution in [1.29, 1.82) is 5.26 Å². The molecule has 12 rings (SSSR count). The van der Waals surface area contributed by atoms with Gasteiger partial charge in [-0.2, -0.15) is 57.9 Å². The van der Waals surface area contributed by atoms with E-state index in [4.69, 9.17) is 9.97 Å². The minimum absolute atomic E-state index is 0.0325. The molecule has 5 nitrogen and oxygen atoms in total. The monoisotopic (exact) mass is 1170 g/mol. The van der Waals surface area contributed by atoms with Gasteiger partial charge in [0.25, 0.3) is 0 Å². The maximum Gasteiger partial charge on any atom is 0.416 e. The quantitative estimate of drug-likeness (QED) is 0.149. The van der Waals surface area contributed by atoms with Gasteiger partial charge in [0.15, 0.2) is 5.82 Å². The predicted octanol–water partition coefficient (Wildman–Crippen LogP) is 20.8. The second kappa shape index (κ2) is 20.2. The molecule has 0 unspecified atom stereocenters. The molecule has 0 aliphatic heterocycles. The van der Waals surface area contributed by atoms with Gasteiger partial charge in [0.05, 0.1) is 72.9 Å². The Morgan fingerprint density at radius 2 is 0.616 bits per heavy atom. The Kier molecular flexibility index (Phi) is 13.4. The lowest BCUT2D eigenvalue weighted by molar-refractivity contribution is -0.143. The average Bonchev–Trinajstić information content (AvgIpc) is 1.55. The molecule has 17 heteroatoms. The van der Waals surface area contributed by atoms with Crippen LogP contribution in [0.2, 0.25) is 0 Å². The number of nitriles is 1. The van der Waals surface area contributed by atoms with Crippen molar-refractivity contribution >= 4 is 43.6 Å². The Balaban J connectivity index is 1.20. The molecule has 9 aromatic carbocycles. The number of aryl methyl sites for hydroxylation is 6. The van der Waals surface area contributed by atoms with Crippen LogP contribution in [0.3, 0.4) is 0 Å². The predicted molar refractivity (Wildman–Crippen MR) is 311 cm³/mol. The Labute approximate surface area is 483 Å². The number of rotatable bonds is 7. The third kappa shape index (κ3) is 10.4. The summed E-state index contributed by atoms with van der Waals surface area (Å²) in [5.74, 6) is 0.168. The van der Waals surface area contributed by atoms with Crippen LogP contribution in [0.1, 0.15) is 61.5 Å². The minimum Gasteiger partial charge on any atom is -0.308 e. The van der Waals surface area contributed by atoms with Crippen molar-refractivity contribution in [3.8, 4) is 73.3 Å². The van der Waals surface area contributed by atoms with Gasteiger partial charge in [-0.1, -0.05) is 65.7 Å². The maximum absolute atomic E-state index is 14.4. The highest BCUT2D eigenvalue weighted by Crippen LogP contribution is 2.47. The van der Waals surface area contributed by atoms with Gasteiger partial charge in [0, 0.05) is 32.9 Å². The summed E-state index contributed by atoms with van der Waals surface area (Å²) >= 11 is 0. The van der Waals surface area contributed by atoms with Crippen molar-refractivity contribution in [3.05, 3.63) is 225 Å². The maximum atomic E-state index is 14.4. The van der Waals surface area contributed by atoms with Gasteiger partial charge in [-0.05, 0) is 206 Å². The van der Waals surface area contributed by atoms with Gasteiger partial charge in [-0.15, -0.1) is 0 Å². The Hall–Kier alpha value is -9.69. The number of fused-ring (bicyclic) bond motifs is 6. The van der Waals surface area contributed by atoms with Crippen molar-refractivity contribution in [1.82, 2.24) is 19.1 Å². The third-order valence-corrected chi connectivity index (χ3v) is 15.4. The van der Waals surface area contributed by atoms with E-state index in [0.29, 0.717) is 95.3 Å². The number of aromatic nitrogens is 4. The number of nitrogens with zero attached hydrogens (tertiary/aromatic N) is 5. The van der Waals surface area contributed by atoms with E-state index in [2.05, 4.69) is 6.07 Å². The standard InChI is InChI=1S/C69H45F12N5/c1-35-15-36(2)17-46(16-35)42-7-11-58-54(29-42)55-30-43(47-18-37(3)20-50(25-47)66(70,71)72)8-12-59(55)85(58)62-23-41(34-82)24-63(64(62)65-83-39(5)22-40(6)84-65)86-60-13-9-44(48-19-38(4)21-51(26-48)67(73,74)75)31-56(60)57-32-45(10-14-61(57)86)49-27-52(68(76,77)78)33-53(28-49)69(79,80)81/h7-33H,1-6H3. The zero-order valence-corrected chi connectivity index (χ0v) is 46.4. The second-order valence-corrected chi connectivity index (χ2v) is 21.9. The van der Waals surface area contributed by atoms with Crippen LogP contribution < -0.4 is 0 Å². The number of benzene rings is 9. The largest absolute Gasteiger partial charge is 0.416 e. The molecular weight excluding hydrogens is 1130 g/mol. The first-order chi connectivity index (χ1) is 40.5. The molecule has 0 atom stereocenters. The molecule has 0 N–H and O–H groups in total. The Morgan fingerprint density at radius 3 is 0.930 bits per heavy atom. The first kappa shape index (κ1) is 56.8. The lowest BCUT2D eigenvalue weighted by Gasteiger charge is -2.20. The van der Waals surface area contributed by atoms with Gasteiger partial charge >= 0.3 is 24.7 Å². The fraction of sp³-hybridized carbons (Fsp3) is 0.145. The van der Waals surface area contributed by atoms with Crippen LogP contribution in [0, 0.1) is 52.9 Å². The van der Waals surface area contributed by atoms with Crippen molar-refractivity contribution in [2.45, 2.75) is 66.2 Å². The Morgan fingerprint density at radius 1 is 0.326 bits per heavy atom. The third-order valence-electron chi connectivity index (χ3n) is 15.4. The topological polar surface area (TPSA) is 59.4 Å². The summed E-state index contributed by atoms with van der Waals surface area (Å²) in [6, 6.07) is 42.5. The van der Waals surface area contributed by atoms with E-state index >= 15 is 0 Å². The van der Waals surface area contributed by atoms with Crippen molar-refractivity contribution < 1.29 is 52.7 Å². The molecular formula is C69H45F12N5. The minimum atomic E-state index is -5.17. The summed E-state index contributed by atoms with van der Waals surface area (Å²) in [4.78, 5) is 9.99. The van der Waals surface area contributed by atoms with Crippen LogP contribution in [0.25, 0.3) is 111 Å². The molecule has 3 heterocycles. The van der Waals surface area contributed by atoms with Gasteiger partial charge in [-0.25, -0.2) is 9.97 Å². The molecule has 0 amide bonds. The summed E-state index contributed by atoms with van der Waals surface area (Å²) < 4.78 is 176. The fourth-order valence-electron chi connectivity index (χ4n) is 11.9. The molecule has 0 bridgehead atoms. The molecule has 0 saturated heterocycles. The summed E-state index contributed by atoms with van der Waals surface area (Å²) in [6.45, 7) is 10.6. The first-order valence-corrected chi connectivity index (χ1v) is 26.8. The van der Waals surface area contributed by atoms with E-state index in [0.717, 1.165) is 46.5 Å². The van der Waals surface area contributed by atoms with Crippen LogP contribution in [-0.4, -0.2) is 19.1 Å². The number of hydrogen-bond acceptors (Lipinski definition) is 3. The van der Waals surface area contributed by atoms with Crippen LogP contribution >= 0.6 is 0 Å². The average molecular weight is 1170 g/mol. The van der Waals surface area contributed by atoms with Gasteiger partial charge < -0.3 is 9.13 Å². The van der Waals surface area contributed by atoms with Crippen molar-refractivity contribution in [2.24, 2.45) is 0 Å². The zero-order chi connectivity index (χ0) is 61.3. The molecule has 3 aromatic heterocycles. The fourth-order valence-corrected chi connectivity index (χ4v) is 11.9. The highest BCUT2D eigenvalue weighted by molar-refractivity contribution is 6.14. The molecule has 0 aliphatic rings. The molecule has 0 radical (unpaired) electrons. The van der Waals surface area contributed by atoms with Gasteiger partial charge in [0.1, 0.15) is 0 Å². The molecule has 12 aromatic rings. The highest BCUT2D eigenvalue weighted by atomic mass is 19.4. The summed E-state index contributed by atoms with van der Waals surface area (Å²) in [7, 11) is 0. The van der Waals surface area contributed by atoms with E-state index in [-0.39, 0.29) is 45.2 Å². The van der Waals surface area contributed by atoms with Crippen LogP contribution in [-0.2, 0) is 24.7 Å². The molecule has 0 saturated carbocycles. The van der Waals surface area contributed by atoms with Crippen molar-refractivity contribution in [2.75, 3.05) is 0 Å².